The van der Waals surface area contributed by atoms with Crippen molar-refractivity contribution < 1.29 is 19.1 Å². The number of para-hydroxylation sites is 1. The predicted molar refractivity (Wildman–Crippen MR) is 103 cm³/mol. The van der Waals surface area contributed by atoms with Crippen LogP contribution in [-0.4, -0.2) is 22.0 Å². The number of hydrazone groups is 1. The molecule has 3 rings (SSSR count). The van der Waals surface area contributed by atoms with Gasteiger partial charge in [-0.3, -0.25) is 25.0 Å². The van der Waals surface area contributed by atoms with Crippen molar-refractivity contribution >= 4 is 23.5 Å². The lowest BCUT2D eigenvalue weighted by atomic mass is 10.1. The SMILES string of the molecule is O=C(Cc1ccc([N+](=O)[O-])cc1)N/N=C\c1ccc(-c2ccccc2[N+](=O)[O-])o1. The Kier molecular flexibility index (Phi) is 5.74. The van der Waals surface area contributed by atoms with Gasteiger partial charge >= 0.3 is 0 Å². The molecule has 1 N–H and O–H groups in total. The summed E-state index contributed by atoms with van der Waals surface area (Å²) < 4.78 is 5.53. The molecule has 1 amide bonds. The summed E-state index contributed by atoms with van der Waals surface area (Å²) in [6, 6.07) is 14.9. The first-order valence-corrected chi connectivity index (χ1v) is 8.33. The number of nitrogens with one attached hydrogen (secondary N) is 1. The minimum absolute atomic E-state index is 0.00501. The summed E-state index contributed by atoms with van der Waals surface area (Å²) in [5, 5.41) is 25.5. The Morgan fingerprint density at radius 1 is 1.00 bits per heavy atom. The molecule has 0 unspecified atom stereocenters. The van der Waals surface area contributed by atoms with Gasteiger partial charge in [0.15, 0.2) is 0 Å². The molecule has 0 atom stereocenters. The van der Waals surface area contributed by atoms with E-state index in [0.717, 1.165) is 0 Å². The van der Waals surface area contributed by atoms with Gasteiger partial charge in [-0.15, -0.1) is 0 Å². The highest BCUT2D eigenvalue weighted by atomic mass is 16.6. The summed E-state index contributed by atoms with van der Waals surface area (Å²) in [6.45, 7) is 0. The molecule has 2 aromatic carbocycles. The summed E-state index contributed by atoms with van der Waals surface area (Å²) in [4.78, 5) is 32.6. The van der Waals surface area contributed by atoms with E-state index in [1.807, 2.05) is 0 Å². The number of carbonyl (C=O) groups excluding carboxylic acids is 1. The summed E-state index contributed by atoms with van der Waals surface area (Å²) >= 11 is 0. The molecule has 0 fully saturated rings. The highest BCUT2D eigenvalue weighted by Gasteiger charge is 2.16. The van der Waals surface area contributed by atoms with Crippen molar-refractivity contribution in [2.24, 2.45) is 5.10 Å². The quantitative estimate of drug-likeness (QED) is 0.369. The fourth-order valence-corrected chi connectivity index (χ4v) is 2.54. The second kappa shape index (κ2) is 8.57. The molecule has 1 aromatic heterocycles. The van der Waals surface area contributed by atoms with Gasteiger partial charge in [0.05, 0.1) is 28.0 Å². The van der Waals surface area contributed by atoms with E-state index in [2.05, 4.69) is 10.5 Å². The standard InChI is InChI=1S/C19H14N4O6/c24-19(11-13-5-7-14(8-6-13)22(25)26)21-20-12-15-9-10-18(29-15)16-3-1-2-4-17(16)23(27)28/h1-10,12H,11H2,(H,21,24)/b20-12-. The Labute approximate surface area is 163 Å². The molecule has 1 heterocycles. The van der Waals surface area contributed by atoms with Crippen LogP contribution < -0.4 is 5.43 Å². The molecule has 0 aliphatic heterocycles. The Morgan fingerprint density at radius 2 is 1.72 bits per heavy atom. The van der Waals surface area contributed by atoms with Crippen molar-refractivity contribution in [2.45, 2.75) is 6.42 Å². The number of non-ortho nitro benzene ring substituents is 1. The second-order valence-corrected chi connectivity index (χ2v) is 5.87. The van der Waals surface area contributed by atoms with Crippen LogP contribution in [0.1, 0.15) is 11.3 Å². The zero-order valence-corrected chi connectivity index (χ0v) is 14.8. The average molecular weight is 394 g/mol. The number of benzene rings is 2. The number of hydrogen-bond acceptors (Lipinski definition) is 7. The van der Waals surface area contributed by atoms with Gasteiger partial charge in [0.1, 0.15) is 11.5 Å². The van der Waals surface area contributed by atoms with Crippen LogP contribution in [0.15, 0.2) is 70.2 Å². The molecule has 0 saturated heterocycles. The van der Waals surface area contributed by atoms with Gasteiger partial charge < -0.3 is 4.42 Å². The molecule has 0 spiro atoms. The van der Waals surface area contributed by atoms with Gasteiger partial charge in [-0.25, -0.2) is 5.43 Å². The largest absolute Gasteiger partial charge is 0.455 e. The van der Waals surface area contributed by atoms with Crippen LogP contribution in [0.5, 0.6) is 0 Å². The van der Waals surface area contributed by atoms with Gasteiger partial charge in [-0.05, 0) is 23.8 Å². The molecule has 10 heteroatoms. The normalized spacial score (nSPS) is 10.8. The Morgan fingerprint density at radius 3 is 2.41 bits per heavy atom. The smallest absolute Gasteiger partial charge is 0.280 e. The molecule has 0 bridgehead atoms. The Hall–Kier alpha value is -4.34. The first-order chi connectivity index (χ1) is 13.9. The molecule has 29 heavy (non-hydrogen) atoms. The number of hydrogen-bond donors (Lipinski definition) is 1. The van der Waals surface area contributed by atoms with E-state index in [1.54, 1.807) is 30.3 Å². The van der Waals surface area contributed by atoms with Crippen molar-refractivity contribution in [3.63, 3.8) is 0 Å². The van der Waals surface area contributed by atoms with E-state index in [1.165, 1.54) is 36.5 Å². The Bertz CT molecular complexity index is 1090. The van der Waals surface area contributed by atoms with Crippen LogP contribution in [-0.2, 0) is 11.2 Å². The molecule has 0 radical (unpaired) electrons. The second-order valence-electron chi connectivity index (χ2n) is 5.87. The molecule has 0 aliphatic rings. The van der Waals surface area contributed by atoms with Gasteiger partial charge in [-0.2, -0.15) is 5.10 Å². The van der Waals surface area contributed by atoms with E-state index in [0.29, 0.717) is 22.6 Å². The van der Waals surface area contributed by atoms with Crippen LogP contribution in [0.4, 0.5) is 11.4 Å². The lowest BCUT2D eigenvalue weighted by Crippen LogP contribution is -2.19. The zero-order chi connectivity index (χ0) is 20.8. The van der Waals surface area contributed by atoms with Gasteiger partial charge in [-0.1, -0.05) is 24.3 Å². The highest BCUT2D eigenvalue weighted by Crippen LogP contribution is 2.30. The number of furan rings is 1. The monoisotopic (exact) mass is 394 g/mol. The fourth-order valence-electron chi connectivity index (χ4n) is 2.54. The van der Waals surface area contributed by atoms with Crippen molar-refractivity contribution in [2.75, 3.05) is 0 Å². The maximum absolute atomic E-state index is 11.9. The van der Waals surface area contributed by atoms with Gasteiger partial charge in [0.2, 0.25) is 5.91 Å². The van der Waals surface area contributed by atoms with Crippen LogP contribution in [0, 0.1) is 20.2 Å². The van der Waals surface area contributed by atoms with Crippen LogP contribution in [0.25, 0.3) is 11.3 Å². The van der Waals surface area contributed by atoms with E-state index < -0.39 is 15.8 Å². The first kappa shape index (κ1) is 19.4. The van der Waals surface area contributed by atoms with Crippen molar-refractivity contribution in [3.05, 3.63) is 92.2 Å². The summed E-state index contributed by atoms with van der Waals surface area (Å²) in [5.74, 6) is 0.185. The van der Waals surface area contributed by atoms with Crippen molar-refractivity contribution in [1.29, 1.82) is 0 Å². The third-order valence-electron chi connectivity index (χ3n) is 3.89. The number of nitro benzene ring substituents is 2. The van der Waals surface area contributed by atoms with Crippen molar-refractivity contribution in [1.82, 2.24) is 5.43 Å². The molecular weight excluding hydrogens is 380 g/mol. The topological polar surface area (TPSA) is 141 Å². The number of nitro groups is 2. The lowest BCUT2D eigenvalue weighted by molar-refractivity contribution is -0.384. The average Bonchev–Trinajstić information content (AvgIpc) is 3.17. The lowest BCUT2D eigenvalue weighted by Gasteiger charge is -2.00. The number of rotatable bonds is 7. The molecule has 0 aliphatic carbocycles. The zero-order valence-electron chi connectivity index (χ0n) is 14.8. The third kappa shape index (κ3) is 4.89. The Balaban J connectivity index is 1.61. The summed E-state index contributed by atoms with van der Waals surface area (Å²) in [6.07, 6.45) is 1.26. The molecule has 3 aromatic rings. The minimum Gasteiger partial charge on any atom is -0.455 e. The predicted octanol–water partition coefficient (Wildman–Crippen LogP) is 3.46. The third-order valence-corrected chi connectivity index (χ3v) is 3.89. The van der Waals surface area contributed by atoms with E-state index in [9.17, 15) is 25.0 Å². The number of nitrogens with zero attached hydrogens (tertiary/aromatic N) is 3. The molecular formula is C19H14N4O6. The summed E-state index contributed by atoms with van der Waals surface area (Å²) in [7, 11) is 0. The van der Waals surface area contributed by atoms with Crippen molar-refractivity contribution in [3.8, 4) is 11.3 Å². The fraction of sp³-hybridized carbons (Fsp3) is 0.0526. The van der Waals surface area contributed by atoms with Crippen LogP contribution in [0.2, 0.25) is 0 Å². The van der Waals surface area contributed by atoms with Gasteiger partial charge in [0.25, 0.3) is 11.4 Å². The maximum Gasteiger partial charge on any atom is 0.280 e. The maximum atomic E-state index is 11.9. The van der Waals surface area contributed by atoms with Gasteiger partial charge in [0, 0.05) is 18.2 Å². The first-order valence-electron chi connectivity index (χ1n) is 8.33. The number of amides is 1. The van der Waals surface area contributed by atoms with Crippen LogP contribution >= 0.6 is 0 Å². The number of carbonyl (C=O) groups is 1. The molecule has 10 nitrogen and oxygen atoms in total. The molecule has 0 saturated carbocycles. The summed E-state index contributed by atoms with van der Waals surface area (Å²) in [5.41, 5.74) is 3.12. The molecule has 146 valence electrons. The van der Waals surface area contributed by atoms with E-state index in [-0.39, 0.29) is 17.8 Å². The minimum atomic E-state index is -0.518. The van der Waals surface area contributed by atoms with E-state index in [4.69, 9.17) is 4.42 Å². The van der Waals surface area contributed by atoms with Crippen LogP contribution in [0.3, 0.4) is 0 Å². The highest BCUT2D eigenvalue weighted by molar-refractivity contribution is 5.82. The van der Waals surface area contributed by atoms with E-state index >= 15 is 0 Å².